The molecule has 0 bridgehead atoms. The minimum Gasteiger partial charge on any atom is -0.508 e. The number of ether oxygens (including phenoxy) is 2. The fraction of sp³-hybridized carbons (Fsp3) is 0.314. The van der Waals surface area contributed by atoms with Crippen LogP contribution in [0.5, 0.6) is 34.5 Å². The van der Waals surface area contributed by atoms with Crippen molar-refractivity contribution in [1.29, 1.82) is 0 Å². The van der Waals surface area contributed by atoms with E-state index in [0.29, 0.717) is 16.9 Å². The van der Waals surface area contributed by atoms with Crippen molar-refractivity contribution >= 4 is 0 Å². The maximum atomic E-state index is 11.2. The van der Waals surface area contributed by atoms with Gasteiger partial charge in [-0.2, -0.15) is 0 Å². The van der Waals surface area contributed by atoms with E-state index in [0.717, 1.165) is 34.4 Å². The van der Waals surface area contributed by atoms with Gasteiger partial charge in [0.25, 0.3) is 0 Å². The van der Waals surface area contributed by atoms with E-state index in [1.54, 1.807) is 6.07 Å². The quantitative estimate of drug-likeness (QED) is 0.195. The monoisotopic (exact) mass is 552 g/mol. The molecule has 0 saturated carbocycles. The molecule has 5 unspecified atom stereocenters. The molecule has 4 aromatic rings. The van der Waals surface area contributed by atoms with E-state index in [2.05, 4.69) is 58.0 Å². The Kier molecular flexibility index (Phi) is 6.52. The molecular formula is C35H36O6. The molecule has 0 saturated heterocycles. The molecule has 41 heavy (non-hydrogen) atoms. The number of fused-ring (bicyclic) bond motifs is 2. The largest absolute Gasteiger partial charge is 0.508 e. The Morgan fingerprint density at radius 1 is 0.659 bits per heavy atom. The lowest BCUT2D eigenvalue weighted by Crippen LogP contribution is -2.31. The Hall–Kier alpha value is -4.32. The summed E-state index contributed by atoms with van der Waals surface area (Å²) in [5.74, 6) is 0.303. The Labute approximate surface area is 240 Å². The third kappa shape index (κ3) is 4.51. The normalized spacial score (nSPS) is 23.2. The predicted molar refractivity (Wildman–Crippen MR) is 157 cm³/mol. The van der Waals surface area contributed by atoms with Gasteiger partial charge in [0.05, 0.1) is 0 Å². The minimum absolute atomic E-state index is 0.0481. The average molecular weight is 553 g/mol. The minimum atomic E-state index is -0.532. The summed E-state index contributed by atoms with van der Waals surface area (Å²) in [6, 6.07) is 18.2. The Balaban J connectivity index is 1.52. The van der Waals surface area contributed by atoms with Crippen molar-refractivity contribution in [2.45, 2.75) is 59.2 Å². The van der Waals surface area contributed by atoms with Gasteiger partial charge in [-0.1, -0.05) is 50.2 Å². The van der Waals surface area contributed by atoms with Gasteiger partial charge in [0, 0.05) is 41.0 Å². The van der Waals surface area contributed by atoms with E-state index < -0.39 is 6.10 Å². The summed E-state index contributed by atoms with van der Waals surface area (Å²) in [6.45, 7) is 10.6. The molecule has 0 amide bonds. The smallest absolute Gasteiger partial charge is 0.157 e. The zero-order valence-electron chi connectivity index (χ0n) is 24.0. The van der Waals surface area contributed by atoms with Gasteiger partial charge in [0.1, 0.15) is 35.2 Å². The van der Waals surface area contributed by atoms with Crippen LogP contribution in [0.1, 0.15) is 76.5 Å². The van der Waals surface area contributed by atoms with E-state index in [4.69, 9.17) is 9.47 Å². The van der Waals surface area contributed by atoms with Crippen LogP contribution in [-0.4, -0.2) is 20.4 Å². The molecule has 0 aliphatic carbocycles. The third-order valence-corrected chi connectivity index (χ3v) is 9.01. The molecule has 2 aliphatic heterocycles. The Morgan fingerprint density at radius 3 is 2.10 bits per heavy atom. The molecule has 6 heteroatoms. The first-order chi connectivity index (χ1) is 19.5. The highest BCUT2D eigenvalue weighted by molar-refractivity contribution is 5.60. The molecule has 0 aromatic heterocycles. The van der Waals surface area contributed by atoms with Crippen LogP contribution in [-0.2, 0) is 6.42 Å². The van der Waals surface area contributed by atoms with Gasteiger partial charge in [-0.3, -0.25) is 0 Å². The van der Waals surface area contributed by atoms with E-state index in [1.807, 2.05) is 6.92 Å². The Bertz CT molecular complexity index is 1660. The number of phenols is 4. The molecule has 4 N–H and O–H groups in total. The number of benzene rings is 4. The second kappa shape index (κ2) is 9.95. The van der Waals surface area contributed by atoms with Gasteiger partial charge in [0.15, 0.2) is 11.5 Å². The summed E-state index contributed by atoms with van der Waals surface area (Å²) in [4.78, 5) is 0. The van der Waals surface area contributed by atoms with Crippen molar-refractivity contribution in [2.75, 3.05) is 0 Å². The van der Waals surface area contributed by atoms with Crippen LogP contribution < -0.4 is 9.47 Å². The van der Waals surface area contributed by atoms with E-state index >= 15 is 0 Å². The fourth-order valence-electron chi connectivity index (χ4n) is 6.61. The number of hydrogen-bond acceptors (Lipinski definition) is 6. The van der Waals surface area contributed by atoms with Crippen molar-refractivity contribution < 1.29 is 29.9 Å². The number of rotatable bonds is 3. The maximum Gasteiger partial charge on any atom is 0.157 e. The van der Waals surface area contributed by atoms with Crippen molar-refractivity contribution in [2.24, 2.45) is 11.8 Å². The van der Waals surface area contributed by atoms with Gasteiger partial charge in [-0.15, -0.1) is 0 Å². The van der Waals surface area contributed by atoms with Gasteiger partial charge in [0.2, 0.25) is 0 Å². The van der Waals surface area contributed by atoms with Crippen LogP contribution in [0.2, 0.25) is 0 Å². The predicted octanol–water partition coefficient (Wildman–Crippen LogP) is 7.65. The summed E-state index contributed by atoms with van der Waals surface area (Å²) in [5.41, 5.74) is 8.13. The van der Waals surface area contributed by atoms with E-state index in [9.17, 15) is 20.4 Å². The van der Waals surface area contributed by atoms with Crippen molar-refractivity contribution in [1.82, 2.24) is 0 Å². The molecule has 0 radical (unpaired) electrons. The molecule has 2 aliphatic rings. The topological polar surface area (TPSA) is 99.4 Å². The van der Waals surface area contributed by atoms with Crippen LogP contribution >= 0.6 is 0 Å². The van der Waals surface area contributed by atoms with E-state index in [-0.39, 0.29) is 46.9 Å². The van der Waals surface area contributed by atoms with Gasteiger partial charge >= 0.3 is 0 Å². The first-order valence-corrected chi connectivity index (χ1v) is 14.1. The molecule has 6 nitrogen and oxygen atoms in total. The lowest BCUT2D eigenvalue weighted by molar-refractivity contribution is 0.100. The molecule has 2 heterocycles. The zero-order chi connectivity index (χ0) is 29.2. The van der Waals surface area contributed by atoms with E-state index in [1.165, 1.54) is 35.4 Å². The number of aromatic hydroxyl groups is 4. The Morgan fingerprint density at radius 2 is 1.37 bits per heavy atom. The van der Waals surface area contributed by atoms with Crippen LogP contribution in [0.4, 0.5) is 0 Å². The van der Waals surface area contributed by atoms with Crippen LogP contribution in [0.15, 0.2) is 60.7 Å². The first-order valence-electron chi connectivity index (χ1n) is 14.1. The average Bonchev–Trinajstić information content (AvgIpc) is 2.92. The van der Waals surface area contributed by atoms with Crippen molar-refractivity contribution in [3.8, 4) is 34.5 Å². The molecular weight excluding hydrogens is 516 g/mol. The second-order valence-electron chi connectivity index (χ2n) is 11.8. The number of aryl methyl sites for hydroxylation is 3. The van der Waals surface area contributed by atoms with Crippen molar-refractivity contribution in [3.05, 3.63) is 105 Å². The molecule has 0 fully saturated rings. The molecule has 0 spiro atoms. The van der Waals surface area contributed by atoms with Crippen molar-refractivity contribution in [3.63, 3.8) is 0 Å². The van der Waals surface area contributed by atoms with Gasteiger partial charge < -0.3 is 29.9 Å². The number of phenolic OH excluding ortho intramolecular Hbond substituents is 4. The SMILES string of the molecule is Cc1ccc(C2Oc3c(C4c5c(O)cc(O)cc5OC(c5ccc(O)c(O)c5)C4C)ccc(C)c3CC2C)cc1C. The second-order valence-corrected chi connectivity index (χ2v) is 11.8. The third-order valence-electron chi connectivity index (χ3n) is 9.01. The zero-order valence-corrected chi connectivity index (χ0v) is 24.0. The first kappa shape index (κ1) is 26.9. The van der Waals surface area contributed by atoms with Gasteiger partial charge in [-0.25, -0.2) is 0 Å². The fourth-order valence-corrected chi connectivity index (χ4v) is 6.61. The van der Waals surface area contributed by atoms with Crippen LogP contribution in [0, 0.1) is 32.6 Å². The van der Waals surface area contributed by atoms with Gasteiger partial charge in [-0.05, 0) is 72.7 Å². The molecule has 212 valence electrons. The van der Waals surface area contributed by atoms with Crippen LogP contribution in [0.25, 0.3) is 0 Å². The van der Waals surface area contributed by atoms with Crippen LogP contribution in [0.3, 0.4) is 0 Å². The lowest BCUT2D eigenvalue weighted by atomic mass is 9.73. The summed E-state index contributed by atoms with van der Waals surface area (Å²) >= 11 is 0. The summed E-state index contributed by atoms with van der Waals surface area (Å²) in [5, 5.41) is 41.7. The molecule has 5 atom stereocenters. The molecule has 4 aromatic carbocycles. The molecule has 6 rings (SSSR count). The highest BCUT2D eigenvalue weighted by atomic mass is 16.5. The summed E-state index contributed by atoms with van der Waals surface area (Å²) in [6.07, 6.45) is 0.193. The highest BCUT2D eigenvalue weighted by Crippen LogP contribution is 2.56. The maximum absolute atomic E-state index is 11.2. The lowest BCUT2D eigenvalue weighted by Gasteiger charge is -2.41. The standard InChI is InChI=1S/C35H36O6/c1-17-6-8-22(12-19(17)3)33-20(4)13-26-18(2)7-10-25(35(26)41-33)31-21(5)34(23-9-11-27(37)28(38)14-23)40-30-16-24(36)15-29(39)32(30)31/h6-12,14-16,20-21,31,33-34,36-39H,13H2,1-5H3. The number of hydrogen-bond donors (Lipinski definition) is 4. The highest BCUT2D eigenvalue weighted by Gasteiger charge is 2.42. The summed E-state index contributed by atoms with van der Waals surface area (Å²) in [7, 11) is 0. The summed E-state index contributed by atoms with van der Waals surface area (Å²) < 4.78 is 13.3.